The van der Waals surface area contributed by atoms with E-state index >= 15 is 0 Å². The van der Waals surface area contributed by atoms with Gasteiger partial charge in [-0.15, -0.1) is 0 Å². The first kappa shape index (κ1) is 15.5. The molecule has 1 aliphatic carbocycles. The minimum Gasteiger partial charge on any atom is -0.382 e. The number of rotatable bonds is 7. The van der Waals surface area contributed by atoms with Gasteiger partial charge in [-0.2, -0.15) is 0 Å². The third kappa shape index (κ3) is 4.05. The van der Waals surface area contributed by atoms with Crippen LogP contribution in [0.2, 0.25) is 0 Å². The molecule has 1 aromatic rings. The fraction of sp³-hybridized carbons (Fsp3) is 0.647. The van der Waals surface area contributed by atoms with E-state index in [9.17, 15) is 0 Å². The highest BCUT2D eigenvalue weighted by molar-refractivity contribution is 5.32. The number of benzene rings is 1. The number of methoxy groups -OCH3 is 1. The van der Waals surface area contributed by atoms with Gasteiger partial charge in [-0.25, -0.2) is 0 Å². The summed E-state index contributed by atoms with van der Waals surface area (Å²) in [4.78, 5) is 0. The molecule has 0 fully saturated rings. The molecule has 3 nitrogen and oxygen atoms in total. The zero-order chi connectivity index (χ0) is 14.2. The van der Waals surface area contributed by atoms with E-state index in [1.807, 2.05) is 0 Å². The van der Waals surface area contributed by atoms with Crippen molar-refractivity contribution in [1.82, 2.24) is 5.32 Å². The van der Waals surface area contributed by atoms with E-state index in [0.717, 1.165) is 25.8 Å². The van der Waals surface area contributed by atoms with Gasteiger partial charge in [-0.05, 0) is 43.4 Å². The van der Waals surface area contributed by atoms with Crippen LogP contribution in [0, 0.1) is 0 Å². The Morgan fingerprint density at radius 1 is 1.25 bits per heavy atom. The van der Waals surface area contributed by atoms with Gasteiger partial charge in [0, 0.05) is 7.11 Å². The van der Waals surface area contributed by atoms with E-state index in [1.165, 1.54) is 17.5 Å². The van der Waals surface area contributed by atoms with E-state index in [0.29, 0.717) is 19.3 Å². The van der Waals surface area contributed by atoms with Crippen LogP contribution in [0.25, 0.3) is 0 Å². The lowest BCUT2D eigenvalue weighted by molar-refractivity contribution is -0.00607. The van der Waals surface area contributed by atoms with Crippen LogP contribution >= 0.6 is 0 Å². The van der Waals surface area contributed by atoms with E-state index in [-0.39, 0.29) is 6.10 Å². The second kappa shape index (κ2) is 8.40. The molecule has 2 rings (SSSR count). The minimum atomic E-state index is 0.250. The van der Waals surface area contributed by atoms with Crippen molar-refractivity contribution < 1.29 is 9.47 Å². The van der Waals surface area contributed by atoms with Gasteiger partial charge in [0.05, 0.1) is 25.4 Å². The van der Waals surface area contributed by atoms with Gasteiger partial charge in [0.15, 0.2) is 0 Å². The van der Waals surface area contributed by atoms with Crippen LogP contribution in [0.3, 0.4) is 0 Å². The summed E-state index contributed by atoms with van der Waals surface area (Å²) in [7, 11) is 1.72. The molecule has 0 bridgehead atoms. The van der Waals surface area contributed by atoms with Gasteiger partial charge in [0.1, 0.15) is 0 Å². The first-order valence-corrected chi connectivity index (χ1v) is 7.78. The van der Waals surface area contributed by atoms with Crippen molar-refractivity contribution in [1.29, 1.82) is 0 Å². The molecule has 0 spiro atoms. The standard InChI is InChI=1S/C17H27NO2/c1-3-11-18-17-15-9-5-4-7-14(15)8-6-10-16(17)20-13-12-19-2/h4-5,7,9,16-18H,3,6,8,10-13H2,1-2H3. The number of aryl methyl sites for hydroxylation is 1. The highest BCUT2D eigenvalue weighted by atomic mass is 16.5. The molecule has 0 radical (unpaired) electrons. The Hall–Kier alpha value is -0.900. The van der Waals surface area contributed by atoms with E-state index in [2.05, 4.69) is 36.5 Å². The largest absolute Gasteiger partial charge is 0.382 e. The van der Waals surface area contributed by atoms with Gasteiger partial charge >= 0.3 is 0 Å². The first-order chi connectivity index (χ1) is 9.86. The van der Waals surface area contributed by atoms with Crippen molar-refractivity contribution in [3.8, 4) is 0 Å². The molecule has 1 aliphatic rings. The summed E-state index contributed by atoms with van der Waals surface area (Å²) in [6.45, 7) is 4.58. The van der Waals surface area contributed by atoms with Gasteiger partial charge in [-0.1, -0.05) is 31.2 Å². The normalized spacial score (nSPS) is 22.3. The number of ether oxygens (including phenoxy) is 2. The number of nitrogens with one attached hydrogen (secondary N) is 1. The maximum Gasteiger partial charge on any atom is 0.0771 e. The second-order valence-electron chi connectivity index (χ2n) is 5.42. The Morgan fingerprint density at radius 3 is 2.90 bits per heavy atom. The summed E-state index contributed by atoms with van der Waals surface area (Å²) in [6.07, 6.45) is 4.85. The predicted molar refractivity (Wildman–Crippen MR) is 82.0 cm³/mol. The van der Waals surface area contributed by atoms with Crippen LogP contribution in [-0.4, -0.2) is 33.0 Å². The third-order valence-corrected chi connectivity index (χ3v) is 3.93. The van der Waals surface area contributed by atoms with E-state index in [4.69, 9.17) is 9.47 Å². The van der Waals surface area contributed by atoms with Crippen molar-refractivity contribution in [2.45, 2.75) is 44.8 Å². The van der Waals surface area contributed by atoms with Crippen molar-refractivity contribution in [3.05, 3.63) is 35.4 Å². The second-order valence-corrected chi connectivity index (χ2v) is 5.42. The van der Waals surface area contributed by atoms with E-state index in [1.54, 1.807) is 7.11 Å². The number of hydrogen-bond acceptors (Lipinski definition) is 3. The van der Waals surface area contributed by atoms with Crippen LogP contribution < -0.4 is 5.32 Å². The van der Waals surface area contributed by atoms with Gasteiger partial charge in [-0.3, -0.25) is 0 Å². The SMILES string of the molecule is CCCNC1c2ccccc2CCCC1OCCOC. The zero-order valence-electron chi connectivity index (χ0n) is 12.7. The van der Waals surface area contributed by atoms with Crippen LogP contribution in [0.1, 0.15) is 43.4 Å². The zero-order valence-corrected chi connectivity index (χ0v) is 12.7. The summed E-state index contributed by atoms with van der Waals surface area (Å²) >= 11 is 0. The Balaban J connectivity index is 2.13. The Kier molecular flexibility index (Phi) is 6.51. The van der Waals surface area contributed by atoms with Crippen molar-refractivity contribution in [2.75, 3.05) is 26.9 Å². The molecule has 0 heterocycles. The molecule has 0 amide bonds. The Morgan fingerprint density at radius 2 is 2.10 bits per heavy atom. The highest BCUT2D eigenvalue weighted by Gasteiger charge is 2.27. The van der Waals surface area contributed by atoms with Gasteiger partial charge in [0.25, 0.3) is 0 Å². The summed E-state index contributed by atoms with van der Waals surface area (Å²) in [5.41, 5.74) is 2.89. The predicted octanol–water partition coefficient (Wildman–Crippen LogP) is 3.10. The van der Waals surface area contributed by atoms with Gasteiger partial charge in [0.2, 0.25) is 0 Å². The average molecular weight is 277 g/mol. The monoisotopic (exact) mass is 277 g/mol. The molecule has 20 heavy (non-hydrogen) atoms. The molecule has 3 heteroatoms. The quantitative estimate of drug-likeness (QED) is 0.613. The Bertz CT molecular complexity index is 394. The molecule has 0 aromatic heterocycles. The number of fused-ring (bicyclic) bond motifs is 1. The summed E-state index contributed by atoms with van der Waals surface area (Å²) in [5, 5.41) is 3.68. The lowest BCUT2D eigenvalue weighted by atomic mass is 9.97. The molecule has 0 saturated heterocycles. The van der Waals surface area contributed by atoms with Crippen molar-refractivity contribution in [2.24, 2.45) is 0 Å². The number of hydrogen-bond donors (Lipinski definition) is 1. The molecule has 1 N–H and O–H groups in total. The topological polar surface area (TPSA) is 30.5 Å². The molecule has 2 unspecified atom stereocenters. The van der Waals surface area contributed by atoms with Crippen LogP contribution in [0.5, 0.6) is 0 Å². The van der Waals surface area contributed by atoms with Crippen LogP contribution in [-0.2, 0) is 15.9 Å². The lowest BCUT2D eigenvalue weighted by Gasteiger charge is -2.28. The molecule has 112 valence electrons. The highest BCUT2D eigenvalue weighted by Crippen LogP contribution is 2.30. The summed E-state index contributed by atoms with van der Waals surface area (Å²) in [5.74, 6) is 0. The molecule has 1 aromatic carbocycles. The van der Waals surface area contributed by atoms with Crippen LogP contribution in [0.15, 0.2) is 24.3 Å². The minimum absolute atomic E-state index is 0.250. The lowest BCUT2D eigenvalue weighted by Crippen LogP contribution is -2.34. The molecule has 0 saturated carbocycles. The fourth-order valence-corrected chi connectivity index (χ4v) is 2.93. The molecule has 0 aliphatic heterocycles. The summed E-state index contributed by atoms with van der Waals surface area (Å²) in [6, 6.07) is 9.10. The Labute approximate surface area is 122 Å². The van der Waals surface area contributed by atoms with Crippen LogP contribution in [0.4, 0.5) is 0 Å². The average Bonchev–Trinajstić information content (AvgIpc) is 2.65. The summed E-state index contributed by atoms with van der Waals surface area (Å²) < 4.78 is 11.2. The van der Waals surface area contributed by atoms with Crippen molar-refractivity contribution >= 4 is 0 Å². The smallest absolute Gasteiger partial charge is 0.0771 e. The fourth-order valence-electron chi connectivity index (χ4n) is 2.93. The molecular formula is C17H27NO2. The maximum absolute atomic E-state index is 6.08. The maximum atomic E-state index is 6.08. The molecular weight excluding hydrogens is 250 g/mol. The molecule has 2 atom stereocenters. The van der Waals surface area contributed by atoms with Crippen molar-refractivity contribution in [3.63, 3.8) is 0 Å². The first-order valence-electron chi connectivity index (χ1n) is 7.78. The third-order valence-electron chi connectivity index (χ3n) is 3.93. The van der Waals surface area contributed by atoms with Gasteiger partial charge < -0.3 is 14.8 Å². The van der Waals surface area contributed by atoms with E-state index < -0.39 is 0 Å².